The lowest BCUT2D eigenvalue weighted by atomic mass is 10.2. The number of aliphatic hydroxyl groups is 1. The molecule has 0 saturated carbocycles. The van der Waals surface area contributed by atoms with E-state index >= 15 is 0 Å². The highest BCUT2D eigenvalue weighted by molar-refractivity contribution is 5.85. The molecular weight excluding hydrogens is 406 g/mol. The van der Waals surface area contributed by atoms with Gasteiger partial charge in [-0.25, -0.2) is 4.79 Å². The number of anilines is 2. The number of aliphatic hydroxyl groups excluding tert-OH is 1. The van der Waals surface area contributed by atoms with Crippen LogP contribution in [0.15, 0.2) is 16.5 Å². The summed E-state index contributed by atoms with van der Waals surface area (Å²) in [5, 5.41) is 21.4. The molecule has 4 rings (SSSR count). The van der Waals surface area contributed by atoms with Crippen LogP contribution in [-0.4, -0.2) is 77.0 Å². The average Bonchev–Trinajstić information content (AvgIpc) is 3.31. The first kappa shape index (κ1) is 21.2. The maximum atomic E-state index is 12.2. The van der Waals surface area contributed by atoms with E-state index in [0.29, 0.717) is 68.5 Å². The number of hydrogen-bond donors (Lipinski definition) is 1. The number of nitro benzene ring substituents is 1. The maximum absolute atomic E-state index is 12.2. The molecule has 0 spiro atoms. The van der Waals surface area contributed by atoms with Gasteiger partial charge in [0.15, 0.2) is 5.58 Å². The monoisotopic (exact) mass is 433 g/mol. The molecule has 31 heavy (non-hydrogen) atoms. The van der Waals surface area contributed by atoms with Crippen molar-refractivity contribution >= 4 is 34.6 Å². The van der Waals surface area contributed by atoms with Gasteiger partial charge in [-0.3, -0.25) is 10.1 Å². The van der Waals surface area contributed by atoms with E-state index in [1.54, 1.807) is 15.9 Å². The van der Waals surface area contributed by atoms with Crippen molar-refractivity contribution in [3.8, 4) is 0 Å². The predicted octanol–water partition coefficient (Wildman–Crippen LogP) is 2.36. The summed E-state index contributed by atoms with van der Waals surface area (Å²) in [6, 6.07) is 3.41. The number of carbonyl (C=O) groups is 1. The second kappa shape index (κ2) is 7.88. The van der Waals surface area contributed by atoms with Crippen molar-refractivity contribution in [3.63, 3.8) is 0 Å². The lowest BCUT2D eigenvalue weighted by Gasteiger charge is -2.34. The SMILES string of the molecule is CC(C)(C)OC(=O)N1CCN(c2nc3cc(N4CC[C@H](O)C4)c([N+](=O)[O-])cc3o2)CC1. The molecule has 1 atom stereocenters. The number of carbonyl (C=O) groups excluding carboxylic acids is 1. The molecule has 3 heterocycles. The molecule has 1 N–H and O–H groups in total. The van der Waals surface area contributed by atoms with Crippen molar-refractivity contribution in [2.75, 3.05) is 49.1 Å². The van der Waals surface area contributed by atoms with Crippen LogP contribution in [0, 0.1) is 10.1 Å². The molecule has 1 aromatic carbocycles. The van der Waals surface area contributed by atoms with Gasteiger partial charge in [0, 0.05) is 39.3 Å². The van der Waals surface area contributed by atoms with Crippen LogP contribution in [0.25, 0.3) is 11.1 Å². The molecule has 2 aliphatic rings. The Labute approximate surface area is 179 Å². The Kier molecular flexibility index (Phi) is 5.38. The number of piperazine rings is 1. The van der Waals surface area contributed by atoms with Gasteiger partial charge in [-0.2, -0.15) is 4.98 Å². The minimum Gasteiger partial charge on any atom is -0.444 e. The molecule has 0 bridgehead atoms. The van der Waals surface area contributed by atoms with Gasteiger partial charge in [-0.05, 0) is 33.3 Å². The number of nitrogens with zero attached hydrogens (tertiary/aromatic N) is 5. The average molecular weight is 433 g/mol. The number of β-amino-alcohol motifs (C(OH)–C–C–N with tert-alkyl or cyclic N) is 1. The molecule has 2 saturated heterocycles. The molecule has 0 aliphatic carbocycles. The van der Waals surface area contributed by atoms with Crippen molar-refractivity contribution in [2.24, 2.45) is 0 Å². The predicted molar refractivity (Wildman–Crippen MR) is 114 cm³/mol. The molecule has 11 nitrogen and oxygen atoms in total. The summed E-state index contributed by atoms with van der Waals surface area (Å²) in [4.78, 5) is 33.3. The number of amides is 1. The topological polar surface area (TPSA) is 125 Å². The normalized spacial score (nSPS) is 19.9. The van der Waals surface area contributed by atoms with E-state index in [1.165, 1.54) is 6.07 Å². The molecule has 11 heteroatoms. The quantitative estimate of drug-likeness (QED) is 0.573. The third-order valence-corrected chi connectivity index (χ3v) is 5.38. The molecule has 0 radical (unpaired) electrons. The molecule has 1 aromatic heterocycles. The van der Waals surface area contributed by atoms with Crippen LogP contribution in [-0.2, 0) is 4.74 Å². The summed E-state index contributed by atoms with van der Waals surface area (Å²) in [5.74, 6) is 0. The molecule has 2 fully saturated rings. The third-order valence-electron chi connectivity index (χ3n) is 5.38. The van der Waals surface area contributed by atoms with Gasteiger partial charge >= 0.3 is 6.09 Å². The molecule has 1 amide bonds. The van der Waals surface area contributed by atoms with E-state index in [4.69, 9.17) is 9.15 Å². The minimum atomic E-state index is -0.549. The summed E-state index contributed by atoms with van der Waals surface area (Å²) >= 11 is 0. The van der Waals surface area contributed by atoms with Crippen LogP contribution in [0.5, 0.6) is 0 Å². The summed E-state index contributed by atoms with van der Waals surface area (Å²) in [6.07, 6.45) is -0.275. The Balaban J connectivity index is 1.52. The molecule has 168 valence electrons. The maximum Gasteiger partial charge on any atom is 0.410 e. The number of nitro groups is 1. The second-order valence-corrected chi connectivity index (χ2v) is 8.91. The lowest BCUT2D eigenvalue weighted by molar-refractivity contribution is -0.384. The van der Waals surface area contributed by atoms with Crippen molar-refractivity contribution in [3.05, 3.63) is 22.2 Å². The van der Waals surface area contributed by atoms with Gasteiger partial charge in [-0.15, -0.1) is 0 Å². The summed E-state index contributed by atoms with van der Waals surface area (Å²) < 4.78 is 11.2. The van der Waals surface area contributed by atoms with E-state index in [1.807, 2.05) is 25.7 Å². The molecule has 2 aliphatic heterocycles. The number of rotatable bonds is 3. The van der Waals surface area contributed by atoms with Crippen molar-refractivity contribution in [1.29, 1.82) is 0 Å². The van der Waals surface area contributed by atoms with Gasteiger partial charge < -0.3 is 29.0 Å². The summed E-state index contributed by atoms with van der Waals surface area (Å²) in [7, 11) is 0. The Hall–Kier alpha value is -3.08. The third kappa shape index (κ3) is 4.50. The Morgan fingerprint density at radius 1 is 1.23 bits per heavy atom. The second-order valence-electron chi connectivity index (χ2n) is 8.91. The number of benzene rings is 1. The number of aromatic nitrogens is 1. The highest BCUT2D eigenvalue weighted by Gasteiger charge is 2.30. The zero-order valence-electron chi connectivity index (χ0n) is 17.9. The van der Waals surface area contributed by atoms with Gasteiger partial charge in [0.05, 0.1) is 17.1 Å². The fourth-order valence-corrected chi connectivity index (χ4v) is 3.84. The minimum absolute atomic E-state index is 0.0703. The van der Waals surface area contributed by atoms with Crippen LogP contribution < -0.4 is 9.80 Å². The number of fused-ring (bicyclic) bond motifs is 1. The fraction of sp³-hybridized carbons (Fsp3) is 0.600. The first-order valence-corrected chi connectivity index (χ1v) is 10.4. The Morgan fingerprint density at radius 3 is 2.52 bits per heavy atom. The standard InChI is InChI=1S/C20H27N5O6/c1-20(2,3)31-19(27)23-8-6-22(7-9-23)18-21-14-10-15(24-5-4-13(26)12-24)16(25(28)29)11-17(14)30-18/h10-11,13,26H,4-9,12H2,1-3H3/t13-/m0/s1. The van der Waals surface area contributed by atoms with Crippen molar-refractivity contribution < 1.29 is 24.0 Å². The van der Waals surface area contributed by atoms with E-state index in [0.717, 1.165) is 0 Å². The van der Waals surface area contributed by atoms with Gasteiger partial charge in [-0.1, -0.05) is 0 Å². The van der Waals surface area contributed by atoms with Crippen LogP contribution >= 0.6 is 0 Å². The fourth-order valence-electron chi connectivity index (χ4n) is 3.84. The molecule has 0 unspecified atom stereocenters. The molecule has 2 aromatic rings. The van der Waals surface area contributed by atoms with Crippen molar-refractivity contribution in [1.82, 2.24) is 9.88 Å². The first-order valence-electron chi connectivity index (χ1n) is 10.4. The summed E-state index contributed by atoms with van der Waals surface area (Å²) in [6.45, 7) is 8.34. The van der Waals surface area contributed by atoms with Crippen LogP contribution in [0.2, 0.25) is 0 Å². The number of ether oxygens (including phenoxy) is 1. The first-order chi connectivity index (χ1) is 14.6. The van der Waals surface area contributed by atoms with E-state index < -0.39 is 16.6 Å². The van der Waals surface area contributed by atoms with Crippen LogP contribution in [0.3, 0.4) is 0 Å². The molecular formula is C20H27N5O6. The zero-order chi connectivity index (χ0) is 22.3. The Bertz CT molecular complexity index is 992. The number of oxazole rings is 1. The van der Waals surface area contributed by atoms with Crippen LogP contribution in [0.1, 0.15) is 27.2 Å². The van der Waals surface area contributed by atoms with E-state index in [9.17, 15) is 20.0 Å². The van der Waals surface area contributed by atoms with E-state index in [2.05, 4.69) is 4.98 Å². The smallest absolute Gasteiger partial charge is 0.410 e. The van der Waals surface area contributed by atoms with Crippen molar-refractivity contribution in [2.45, 2.75) is 38.9 Å². The van der Waals surface area contributed by atoms with Gasteiger partial charge in [0.25, 0.3) is 11.7 Å². The Morgan fingerprint density at radius 2 is 1.94 bits per heavy atom. The zero-order valence-corrected chi connectivity index (χ0v) is 17.9. The van der Waals surface area contributed by atoms with Gasteiger partial charge in [0.1, 0.15) is 16.8 Å². The summed E-state index contributed by atoms with van der Waals surface area (Å²) in [5.41, 5.74) is 0.667. The highest BCUT2D eigenvalue weighted by atomic mass is 16.6. The number of hydrogen-bond acceptors (Lipinski definition) is 9. The van der Waals surface area contributed by atoms with Crippen LogP contribution in [0.4, 0.5) is 22.2 Å². The van der Waals surface area contributed by atoms with E-state index in [-0.39, 0.29) is 11.8 Å². The highest BCUT2D eigenvalue weighted by Crippen LogP contribution is 2.36. The van der Waals surface area contributed by atoms with Gasteiger partial charge in [0.2, 0.25) is 0 Å². The largest absolute Gasteiger partial charge is 0.444 e. The lowest BCUT2D eigenvalue weighted by Crippen LogP contribution is -2.50.